The fourth-order valence-electron chi connectivity index (χ4n) is 1.87. The molecule has 1 aliphatic carbocycles. The molecule has 0 aliphatic heterocycles. The van der Waals surface area contributed by atoms with Gasteiger partial charge in [-0.2, -0.15) is 0 Å². The molecule has 0 atom stereocenters. The van der Waals surface area contributed by atoms with Gasteiger partial charge in [-0.25, -0.2) is 4.79 Å². The molecule has 0 saturated heterocycles. The van der Waals surface area contributed by atoms with Crippen molar-refractivity contribution < 1.29 is 9.53 Å². The molecule has 0 aromatic carbocycles. The average molecular weight is 208 g/mol. The van der Waals surface area contributed by atoms with E-state index in [1.54, 1.807) is 6.08 Å². The Morgan fingerprint density at radius 2 is 2.00 bits per heavy atom. The first-order valence-electron chi connectivity index (χ1n) is 5.84. The summed E-state index contributed by atoms with van der Waals surface area (Å²) in [5.74, 6) is 0.455. The first-order chi connectivity index (χ1) is 7.33. The first kappa shape index (κ1) is 12.0. The van der Waals surface area contributed by atoms with Crippen molar-refractivity contribution >= 4 is 5.97 Å². The summed E-state index contributed by atoms with van der Waals surface area (Å²) in [6, 6.07) is 0. The number of hydrogen-bond donors (Lipinski definition) is 0. The lowest BCUT2D eigenvalue weighted by molar-refractivity contribution is -0.137. The van der Waals surface area contributed by atoms with Gasteiger partial charge in [0.2, 0.25) is 0 Å². The van der Waals surface area contributed by atoms with Gasteiger partial charge in [0.25, 0.3) is 0 Å². The summed E-state index contributed by atoms with van der Waals surface area (Å²) in [7, 11) is 0. The van der Waals surface area contributed by atoms with E-state index in [4.69, 9.17) is 4.74 Å². The van der Waals surface area contributed by atoms with Crippen molar-refractivity contribution in [1.29, 1.82) is 0 Å². The van der Waals surface area contributed by atoms with E-state index in [1.165, 1.54) is 38.2 Å². The maximum atomic E-state index is 11.0. The highest BCUT2D eigenvalue weighted by Crippen LogP contribution is 2.24. The highest BCUT2D eigenvalue weighted by atomic mass is 16.5. The Hall–Kier alpha value is -1.05. The molecule has 1 aliphatic rings. The molecule has 2 nitrogen and oxygen atoms in total. The molecule has 0 bridgehead atoms. The van der Waals surface area contributed by atoms with Crippen molar-refractivity contribution in [2.75, 3.05) is 6.61 Å². The lowest BCUT2D eigenvalue weighted by Gasteiger charge is -2.17. The number of hydrogen-bond acceptors (Lipinski definition) is 2. The minimum absolute atomic E-state index is 0.259. The minimum atomic E-state index is -0.259. The van der Waals surface area contributed by atoms with Gasteiger partial charge in [0.15, 0.2) is 0 Å². The number of rotatable bonds is 4. The van der Waals surface area contributed by atoms with E-state index < -0.39 is 0 Å². The monoisotopic (exact) mass is 208 g/mol. The predicted molar refractivity (Wildman–Crippen MR) is 61.5 cm³/mol. The Morgan fingerprint density at radius 3 is 2.67 bits per heavy atom. The zero-order valence-electron chi connectivity index (χ0n) is 9.45. The van der Waals surface area contributed by atoms with Crippen molar-refractivity contribution in [3.05, 3.63) is 24.3 Å². The Bertz CT molecular complexity index is 235. The fourth-order valence-corrected chi connectivity index (χ4v) is 1.87. The van der Waals surface area contributed by atoms with Crippen LogP contribution >= 0.6 is 0 Å². The van der Waals surface area contributed by atoms with Gasteiger partial charge in [-0.3, -0.25) is 0 Å². The van der Waals surface area contributed by atoms with Crippen LogP contribution in [0.2, 0.25) is 0 Å². The molecular formula is C13H20O2. The third-order valence-corrected chi connectivity index (χ3v) is 2.66. The van der Waals surface area contributed by atoms with Gasteiger partial charge in [0.1, 0.15) is 0 Å². The van der Waals surface area contributed by atoms with Crippen LogP contribution in [0.25, 0.3) is 0 Å². The summed E-state index contributed by atoms with van der Waals surface area (Å²) >= 11 is 0. The maximum Gasteiger partial charge on any atom is 0.330 e. The second kappa shape index (κ2) is 7.27. The van der Waals surface area contributed by atoms with E-state index in [0.717, 1.165) is 0 Å². The highest BCUT2D eigenvalue weighted by Gasteiger charge is 2.08. The lowest BCUT2D eigenvalue weighted by Crippen LogP contribution is -2.02. The minimum Gasteiger partial charge on any atom is -0.463 e. The Morgan fingerprint density at radius 1 is 1.27 bits per heavy atom. The highest BCUT2D eigenvalue weighted by molar-refractivity contribution is 5.82. The standard InChI is InChI=1S/C13H20O2/c1-2-15-13(14)11-7-6-10-12-8-4-3-5-9-12/h6-7,10-12H,2-5,8-9H2,1H3/b10-6+,11-7-. The third kappa shape index (κ3) is 5.40. The van der Waals surface area contributed by atoms with Crippen molar-refractivity contribution in [3.8, 4) is 0 Å². The van der Waals surface area contributed by atoms with Crippen LogP contribution in [0, 0.1) is 5.92 Å². The second-order valence-electron chi connectivity index (χ2n) is 3.89. The van der Waals surface area contributed by atoms with E-state index in [2.05, 4.69) is 6.08 Å². The van der Waals surface area contributed by atoms with Gasteiger partial charge in [-0.15, -0.1) is 0 Å². The topological polar surface area (TPSA) is 26.3 Å². The molecule has 1 rings (SSSR count). The molecule has 0 radical (unpaired) electrons. The summed E-state index contributed by atoms with van der Waals surface area (Å²) in [4.78, 5) is 11.0. The molecule has 0 heterocycles. The van der Waals surface area contributed by atoms with Crippen LogP contribution in [0.3, 0.4) is 0 Å². The Balaban J connectivity index is 2.22. The van der Waals surface area contributed by atoms with Crippen molar-refractivity contribution in [2.45, 2.75) is 39.0 Å². The fraction of sp³-hybridized carbons (Fsp3) is 0.615. The molecule has 1 fully saturated rings. The molecule has 15 heavy (non-hydrogen) atoms. The molecular weight excluding hydrogens is 188 g/mol. The van der Waals surface area contributed by atoms with Gasteiger partial charge in [-0.05, 0) is 25.7 Å². The Kier molecular flexibility index (Phi) is 5.83. The molecule has 0 aromatic rings. The van der Waals surface area contributed by atoms with Gasteiger partial charge >= 0.3 is 5.97 Å². The SMILES string of the molecule is CCOC(=O)/C=C\C=C\C1CCCCC1. The quantitative estimate of drug-likeness (QED) is 0.403. The van der Waals surface area contributed by atoms with Crippen molar-refractivity contribution in [3.63, 3.8) is 0 Å². The molecule has 0 amide bonds. The third-order valence-electron chi connectivity index (χ3n) is 2.66. The van der Waals surface area contributed by atoms with Gasteiger partial charge in [-0.1, -0.05) is 37.5 Å². The molecule has 0 aromatic heterocycles. The van der Waals surface area contributed by atoms with Crippen LogP contribution in [0.5, 0.6) is 0 Å². The molecule has 84 valence electrons. The summed E-state index contributed by atoms with van der Waals surface area (Å²) in [6.07, 6.45) is 14.1. The van der Waals surface area contributed by atoms with E-state index >= 15 is 0 Å². The van der Waals surface area contributed by atoms with Crippen LogP contribution in [-0.2, 0) is 9.53 Å². The van der Waals surface area contributed by atoms with Crippen LogP contribution in [0.1, 0.15) is 39.0 Å². The molecule has 0 spiro atoms. The van der Waals surface area contributed by atoms with Crippen LogP contribution in [-0.4, -0.2) is 12.6 Å². The number of allylic oxidation sites excluding steroid dienone is 3. The zero-order valence-corrected chi connectivity index (χ0v) is 9.45. The van der Waals surface area contributed by atoms with E-state index in [-0.39, 0.29) is 5.97 Å². The summed E-state index contributed by atoms with van der Waals surface area (Å²) in [5.41, 5.74) is 0. The number of carbonyl (C=O) groups is 1. The maximum absolute atomic E-state index is 11.0. The molecule has 0 N–H and O–H groups in total. The lowest BCUT2D eigenvalue weighted by atomic mass is 9.89. The average Bonchev–Trinajstić information content (AvgIpc) is 2.26. The largest absolute Gasteiger partial charge is 0.463 e. The van der Waals surface area contributed by atoms with E-state index in [9.17, 15) is 4.79 Å². The van der Waals surface area contributed by atoms with Gasteiger partial charge in [0.05, 0.1) is 6.61 Å². The number of esters is 1. The van der Waals surface area contributed by atoms with Crippen molar-refractivity contribution in [2.24, 2.45) is 5.92 Å². The summed E-state index contributed by atoms with van der Waals surface area (Å²) in [6.45, 7) is 2.25. The van der Waals surface area contributed by atoms with Gasteiger partial charge in [0, 0.05) is 6.08 Å². The van der Waals surface area contributed by atoms with Crippen LogP contribution < -0.4 is 0 Å². The Labute approximate surface area is 92.0 Å². The second-order valence-corrected chi connectivity index (χ2v) is 3.89. The van der Waals surface area contributed by atoms with Crippen LogP contribution in [0.4, 0.5) is 0 Å². The molecule has 2 heteroatoms. The first-order valence-corrected chi connectivity index (χ1v) is 5.84. The van der Waals surface area contributed by atoms with Crippen LogP contribution in [0.15, 0.2) is 24.3 Å². The smallest absolute Gasteiger partial charge is 0.330 e. The van der Waals surface area contributed by atoms with Crippen molar-refractivity contribution in [1.82, 2.24) is 0 Å². The van der Waals surface area contributed by atoms with E-state index in [0.29, 0.717) is 12.5 Å². The summed E-state index contributed by atoms with van der Waals surface area (Å²) in [5, 5.41) is 0. The van der Waals surface area contributed by atoms with E-state index in [1.807, 2.05) is 13.0 Å². The number of carbonyl (C=O) groups excluding carboxylic acids is 1. The zero-order chi connectivity index (χ0) is 10.9. The molecule has 1 saturated carbocycles. The normalized spacial score (nSPS) is 18.7. The molecule has 0 unspecified atom stereocenters. The summed E-state index contributed by atoms with van der Waals surface area (Å²) < 4.78 is 4.77. The van der Waals surface area contributed by atoms with Gasteiger partial charge < -0.3 is 4.74 Å². The predicted octanol–water partition coefficient (Wildman–Crippen LogP) is 3.24. The number of ether oxygens (including phenoxy) is 1.